The lowest BCUT2D eigenvalue weighted by Crippen LogP contribution is -2.46. The van der Waals surface area contributed by atoms with Gasteiger partial charge in [0, 0.05) is 24.3 Å². The largest absolute Gasteiger partial charge is 0.361 e. The van der Waals surface area contributed by atoms with Gasteiger partial charge in [0.1, 0.15) is 0 Å². The molecule has 0 atom stereocenters. The minimum atomic E-state index is 0.0997. The van der Waals surface area contributed by atoms with Gasteiger partial charge in [-0.3, -0.25) is 4.79 Å². The maximum absolute atomic E-state index is 12.2. The molecule has 0 N–H and O–H groups in total. The molecule has 0 spiro atoms. The van der Waals surface area contributed by atoms with Crippen molar-refractivity contribution in [2.24, 2.45) is 0 Å². The van der Waals surface area contributed by atoms with Crippen molar-refractivity contribution in [2.75, 3.05) is 19.6 Å². The number of piperidine rings is 1. The van der Waals surface area contributed by atoms with Crippen LogP contribution >= 0.6 is 0 Å². The van der Waals surface area contributed by atoms with Gasteiger partial charge < -0.3 is 9.80 Å². The van der Waals surface area contributed by atoms with E-state index in [-0.39, 0.29) is 11.4 Å². The minimum Gasteiger partial charge on any atom is -0.361 e. The number of carbonyl (C=O) groups is 1. The fourth-order valence-electron chi connectivity index (χ4n) is 2.85. The van der Waals surface area contributed by atoms with Crippen LogP contribution < -0.4 is 0 Å². The second-order valence-electron chi connectivity index (χ2n) is 5.91. The van der Waals surface area contributed by atoms with Gasteiger partial charge >= 0.3 is 0 Å². The Bertz CT molecular complexity index is 316. The van der Waals surface area contributed by atoms with Gasteiger partial charge in [-0.05, 0) is 46.0 Å². The zero-order valence-corrected chi connectivity index (χ0v) is 11.2. The summed E-state index contributed by atoms with van der Waals surface area (Å²) in [7, 11) is 0. The van der Waals surface area contributed by atoms with E-state index in [0.717, 1.165) is 44.5 Å². The fourth-order valence-corrected chi connectivity index (χ4v) is 2.85. The Labute approximate surface area is 104 Å². The zero-order chi connectivity index (χ0) is 12.5. The number of nitrogens with zero attached hydrogens (tertiary/aromatic N) is 2. The molecule has 2 aliphatic heterocycles. The summed E-state index contributed by atoms with van der Waals surface area (Å²) >= 11 is 0. The van der Waals surface area contributed by atoms with Crippen molar-refractivity contribution in [1.29, 1.82) is 0 Å². The van der Waals surface area contributed by atoms with E-state index in [4.69, 9.17) is 0 Å². The lowest BCUT2D eigenvalue weighted by Gasteiger charge is -2.36. The molecule has 0 radical (unpaired) electrons. The van der Waals surface area contributed by atoms with Crippen LogP contribution in [0.5, 0.6) is 0 Å². The first-order valence-corrected chi connectivity index (χ1v) is 6.74. The molecular weight excluding hydrogens is 212 g/mol. The first-order valence-electron chi connectivity index (χ1n) is 6.74. The molecule has 0 saturated carbocycles. The molecule has 2 rings (SSSR count). The van der Waals surface area contributed by atoms with Crippen LogP contribution in [-0.2, 0) is 4.79 Å². The maximum atomic E-state index is 12.2. The summed E-state index contributed by atoms with van der Waals surface area (Å²) in [4.78, 5) is 16.4. The first kappa shape index (κ1) is 12.5. The van der Waals surface area contributed by atoms with Crippen LogP contribution in [0.1, 0.15) is 46.0 Å². The number of likely N-dealkylation sites (tertiary alicyclic amines) is 2. The van der Waals surface area contributed by atoms with Crippen LogP contribution in [0.4, 0.5) is 0 Å². The average Bonchev–Trinajstić information content (AvgIpc) is 2.57. The summed E-state index contributed by atoms with van der Waals surface area (Å²) in [6, 6.07) is 0. The Morgan fingerprint density at radius 2 is 1.94 bits per heavy atom. The molecule has 3 nitrogen and oxygen atoms in total. The summed E-state index contributed by atoms with van der Waals surface area (Å²) in [5.41, 5.74) is 1.23. The van der Waals surface area contributed by atoms with E-state index < -0.39 is 0 Å². The summed E-state index contributed by atoms with van der Waals surface area (Å²) in [6.07, 6.45) is 5.73. The highest BCUT2D eigenvalue weighted by molar-refractivity contribution is 5.78. The van der Waals surface area contributed by atoms with Crippen LogP contribution in [-0.4, -0.2) is 40.9 Å². The van der Waals surface area contributed by atoms with E-state index in [1.54, 1.807) is 0 Å². The average molecular weight is 236 g/mol. The molecular formula is C14H24N2O. The van der Waals surface area contributed by atoms with Crippen molar-refractivity contribution < 1.29 is 4.79 Å². The van der Waals surface area contributed by atoms with Crippen LogP contribution in [0.3, 0.4) is 0 Å². The van der Waals surface area contributed by atoms with Crippen LogP contribution in [0.2, 0.25) is 0 Å². The van der Waals surface area contributed by atoms with Gasteiger partial charge in [-0.2, -0.15) is 0 Å². The van der Waals surface area contributed by atoms with Gasteiger partial charge in [-0.1, -0.05) is 6.58 Å². The minimum absolute atomic E-state index is 0.0997. The van der Waals surface area contributed by atoms with Gasteiger partial charge in [-0.15, -0.1) is 0 Å². The van der Waals surface area contributed by atoms with E-state index in [1.807, 2.05) is 4.90 Å². The van der Waals surface area contributed by atoms with Crippen molar-refractivity contribution in [3.05, 3.63) is 12.3 Å². The Hall–Kier alpha value is -0.990. The third-order valence-electron chi connectivity index (χ3n) is 4.14. The maximum Gasteiger partial charge on any atom is 0.242 e. The molecule has 0 aliphatic carbocycles. The standard InChI is InChI=1S/C14H24N2O/c1-12-7-8-14(2,3)16(12)11-13(17)15-9-5-4-6-10-15/h1,4-11H2,2-3H3. The predicted octanol–water partition coefficient (Wildman–Crippen LogP) is 2.39. The predicted molar refractivity (Wildman–Crippen MR) is 69.6 cm³/mol. The van der Waals surface area contributed by atoms with E-state index in [0.29, 0.717) is 6.54 Å². The molecule has 96 valence electrons. The number of hydrogen-bond acceptors (Lipinski definition) is 2. The molecule has 0 aromatic carbocycles. The van der Waals surface area contributed by atoms with Gasteiger partial charge in [0.05, 0.1) is 6.54 Å². The van der Waals surface area contributed by atoms with Crippen LogP contribution in [0.25, 0.3) is 0 Å². The number of allylic oxidation sites excluding steroid dienone is 1. The highest BCUT2D eigenvalue weighted by Crippen LogP contribution is 2.34. The van der Waals surface area contributed by atoms with Crippen LogP contribution in [0.15, 0.2) is 12.3 Å². The highest BCUT2D eigenvalue weighted by atomic mass is 16.2. The van der Waals surface area contributed by atoms with Gasteiger partial charge in [0.2, 0.25) is 5.91 Å². The van der Waals surface area contributed by atoms with Gasteiger partial charge in [0.15, 0.2) is 0 Å². The van der Waals surface area contributed by atoms with Crippen LogP contribution in [0, 0.1) is 0 Å². The summed E-state index contributed by atoms with van der Waals surface area (Å²) in [5.74, 6) is 0.279. The SMILES string of the molecule is C=C1CCC(C)(C)N1CC(=O)N1CCCCC1. The number of rotatable bonds is 2. The smallest absolute Gasteiger partial charge is 0.242 e. The molecule has 1 amide bonds. The Kier molecular flexibility index (Phi) is 3.45. The second-order valence-corrected chi connectivity index (χ2v) is 5.91. The van der Waals surface area contributed by atoms with Gasteiger partial charge in [0.25, 0.3) is 0 Å². The molecule has 0 aromatic heterocycles. The third-order valence-corrected chi connectivity index (χ3v) is 4.14. The van der Waals surface area contributed by atoms with E-state index in [2.05, 4.69) is 25.3 Å². The Morgan fingerprint density at radius 3 is 2.47 bits per heavy atom. The van der Waals surface area contributed by atoms with Crippen molar-refractivity contribution in [2.45, 2.75) is 51.5 Å². The molecule has 0 unspecified atom stereocenters. The summed E-state index contributed by atoms with van der Waals surface area (Å²) in [5, 5.41) is 0. The molecule has 0 bridgehead atoms. The first-order chi connectivity index (χ1) is 8.00. The molecule has 2 fully saturated rings. The monoisotopic (exact) mass is 236 g/mol. The van der Waals surface area contributed by atoms with Gasteiger partial charge in [-0.25, -0.2) is 0 Å². The molecule has 2 heterocycles. The lowest BCUT2D eigenvalue weighted by atomic mass is 10.0. The highest BCUT2D eigenvalue weighted by Gasteiger charge is 2.35. The Morgan fingerprint density at radius 1 is 1.29 bits per heavy atom. The van der Waals surface area contributed by atoms with Crippen molar-refractivity contribution in [3.8, 4) is 0 Å². The van der Waals surface area contributed by atoms with Crippen molar-refractivity contribution in [3.63, 3.8) is 0 Å². The van der Waals surface area contributed by atoms with Crippen molar-refractivity contribution >= 4 is 5.91 Å². The number of amides is 1. The summed E-state index contributed by atoms with van der Waals surface area (Å²) < 4.78 is 0. The second kappa shape index (κ2) is 4.71. The quantitative estimate of drug-likeness (QED) is 0.735. The topological polar surface area (TPSA) is 23.6 Å². The normalized spacial score (nSPS) is 24.2. The molecule has 2 saturated heterocycles. The number of hydrogen-bond donors (Lipinski definition) is 0. The van der Waals surface area contributed by atoms with Crippen molar-refractivity contribution in [1.82, 2.24) is 9.80 Å². The molecule has 3 heteroatoms. The fraction of sp³-hybridized carbons (Fsp3) is 0.786. The third kappa shape index (κ3) is 2.64. The lowest BCUT2D eigenvalue weighted by molar-refractivity contribution is -0.133. The Balaban J connectivity index is 1.95. The molecule has 17 heavy (non-hydrogen) atoms. The zero-order valence-electron chi connectivity index (χ0n) is 11.2. The molecule has 0 aromatic rings. The molecule has 2 aliphatic rings. The van der Waals surface area contributed by atoms with E-state index >= 15 is 0 Å². The number of carbonyl (C=O) groups excluding carboxylic acids is 1. The van der Waals surface area contributed by atoms with E-state index in [1.165, 1.54) is 6.42 Å². The summed E-state index contributed by atoms with van der Waals surface area (Å²) in [6.45, 7) is 10.9. The van der Waals surface area contributed by atoms with E-state index in [9.17, 15) is 4.79 Å².